The summed E-state index contributed by atoms with van der Waals surface area (Å²) >= 11 is 0. The molecule has 17 heavy (non-hydrogen) atoms. The van der Waals surface area contributed by atoms with Crippen LogP contribution in [0.4, 0.5) is 0 Å². The summed E-state index contributed by atoms with van der Waals surface area (Å²) in [7, 11) is 0. The number of ether oxygens (including phenoxy) is 1. The lowest BCUT2D eigenvalue weighted by molar-refractivity contribution is 0.0245. The van der Waals surface area contributed by atoms with Gasteiger partial charge in [-0.1, -0.05) is 12.1 Å². The van der Waals surface area contributed by atoms with Crippen LogP contribution in [0.3, 0.4) is 0 Å². The highest BCUT2D eigenvalue weighted by Gasteiger charge is 2.40. The molecule has 0 spiro atoms. The molecule has 5 nitrogen and oxygen atoms in total. The van der Waals surface area contributed by atoms with Crippen molar-refractivity contribution in [3.05, 3.63) is 11.7 Å². The molecular formula is C12H19N3O2. The van der Waals surface area contributed by atoms with Crippen molar-refractivity contribution in [3.63, 3.8) is 0 Å². The molecule has 5 heteroatoms. The van der Waals surface area contributed by atoms with Gasteiger partial charge in [0.1, 0.15) is 6.10 Å². The van der Waals surface area contributed by atoms with Gasteiger partial charge in [0.15, 0.2) is 5.82 Å². The molecule has 2 unspecified atom stereocenters. The number of nitrogens with two attached hydrogens (primary N) is 1. The summed E-state index contributed by atoms with van der Waals surface area (Å²) in [6, 6.07) is 0. The maximum absolute atomic E-state index is 6.16. The molecule has 1 aliphatic carbocycles. The van der Waals surface area contributed by atoms with Crippen molar-refractivity contribution in [2.75, 3.05) is 0 Å². The van der Waals surface area contributed by atoms with Crippen LogP contribution in [0.15, 0.2) is 4.52 Å². The molecular weight excluding hydrogens is 218 g/mol. The molecule has 2 heterocycles. The van der Waals surface area contributed by atoms with E-state index in [2.05, 4.69) is 17.1 Å². The number of rotatable bonds is 3. The standard InChI is InChI=1S/C12H19N3O2/c1-2-8-4-5-9(16-8)10-14-11(15-17-10)12(13)6-3-7-12/h8-9H,2-7,13H2,1H3. The first kappa shape index (κ1) is 11.2. The van der Waals surface area contributed by atoms with E-state index in [1.807, 2.05) is 0 Å². The molecule has 1 saturated heterocycles. The van der Waals surface area contributed by atoms with Crippen molar-refractivity contribution < 1.29 is 9.26 Å². The first-order chi connectivity index (χ1) is 8.21. The van der Waals surface area contributed by atoms with Crippen LogP contribution in [0.1, 0.15) is 63.3 Å². The van der Waals surface area contributed by atoms with Crippen molar-refractivity contribution in [3.8, 4) is 0 Å². The zero-order valence-corrected chi connectivity index (χ0v) is 10.2. The van der Waals surface area contributed by atoms with E-state index >= 15 is 0 Å². The van der Waals surface area contributed by atoms with Crippen molar-refractivity contribution in [1.82, 2.24) is 10.1 Å². The summed E-state index contributed by atoms with van der Waals surface area (Å²) in [5, 5.41) is 4.01. The molecule has 1 aromatic heterocycles. The first-order valence-corrected chi connectivity index (χ1v) is 6.50. The Morgan fingerprint density at radius 3 is 2.82 bits per heavy atom. The Balaban J connectivity index is 1.72. The Hall–Kier alpha value is -0.940. The second kappa shape index (κ2) is 4.07. The molecule has 0 bridgehead atoms. The van der Waals surface area contributed by atoms with E-state index in [4.69, 9.17) is 15.0 Å². The minimum atomic E-state index is -0.343. The summed E-state index contributed by atoms with van der Waals surface area (Å²) in [5.74, 6) is 1.26. The highest BCUT2D eigenvalue weighted by atomic mass is 16.5. The van der Waals surface area contributed by atoms with Crippen LogP contribution >= 0.6 is 0 Å². The van der Waals surface area contributed by atoms with Crippen LogP contribution in [0, 0.1) is 0 Å². The number of hydrogen-bond donors (Lipinski definition) is 1. The lowest BCUT2D eigenvalue weighted by atomic mass is 9.77. The molecule has 0 aromatic carbocycles. The Morgan fingerprint density at radius 1 is 1.41 bits per heavy atom. The SMILES string of the molecule is CCC1CCC(c2nc(C3(N)CCC3)no2)O1. The predicted molar refractivity (Wildman–Crippen MR) is 61.2 cm³/mol. The van der Waals surface area contributed by atoms with Gasteiger partial charge in [-0.05, 0) is 38.5 Å². The van der Waals surface area contributed by atoms with E-state index in [1.165, 1.54) is 0 Å². The molecule has 1 aromatic rings. The van der Waals surface area contributed by atoms with E-state index in [-0.39, 0.29) is 11.6 Å². The molecule has 0 radical (unpaired) electrons. The van der Waals surface area contributed by atoms with Gasteiger partial charge in [0.2, 0.25) is 0 Å². The van der Waals surface area contributed by atoms with Crippen LogP contribution in [0.25, 0.3) is 0 Å². The number of nitrogens with zero attached hydrogens (tertiary/aromatic N) is 2. The quantitative estimate of drug-likeness (QED) is 0.870. The lowest BCUT2D eigenvalue weighted by Gasteiger charge is -2.34. The minimum absolute atomic E-state index is 0.0233. The largest absolute Gasteiger partial charge is 0.365 e. The summed E-state index contributed by atoms with van der Waals surface area (Å²) in [6.45, 7) is 2.13. The molecule has 2 aliphatic rings. The Bertz CT molecular complexity index is 400. The van der Waals surface area contributed by atoms with Gasteiger partial charge in [0.05, 0.1) is 11.6 Å². The van der Waals surface area contributed by atoms with E-state index in [0.29, 0.717) is 17.8 Å². The normalized spacial score (nSPS) is 31.4. The smallest absolute Gasteiger partial charge is 0.255 e. The summed E-state index contributed by atoms with van der Waals surface area (Å²) in [6.07, 6.45) is 6.46. The molecule has 3 rings (SSSR count). The van der Waals surface area contributed by atoms with Gasteiger partial charge in [-0.25, -0.2) is 0 Å². The van der Waals surface area contributed by atoms with Gasteiger partial charge >= 0.3 is 0 Å². The first-order valence-electron chi connectivity index (χ1n) is 6.50. The van der Waals surface area contributed by atoms with Crippen molar-refractivity contribution >= 4 is 0 Å². The van der Waals surface area contributed by atoms with Crippen molar-refractivity contribution in [1.29, 1.82) is 0 Å². The fourth-order valence-corrected chi connectivity index (χ4v) is 2.54. The molecule has 1 saturated carbocycles. The predicted octanol–water partition coefficient (Wildman–Crippen LogP) is 2.04. The molecule has 2 N–H and O–H groups in total. The van der Waals surface area contributed by atoms with Gasteiger partial charge in [0, 0.05) is 0 Å². The zero-order valence-electron chi connectivity index (χ0n) is 10.2. The van der Waals surface area contributed by atoms with Gasteiger partial charge < -0.3 is 15.0 Å². The Labute approximate surface area is 101 Å². The van der Waals surface area contributed by atoms with Crippen LogP contribution < -0.4 is 5.73 Å². The maximum Gasteiger partial charge on any atom is 0.255 e. The van der Waals surface area contributed by atoms with Gasteiger partial charge in [-0.3, -0.25) is 0 Å². The van der Waals surface area contributed by atoms with Crippen molar-refractivity contribution in [2.45, 2.75) is 63.2 Å². The molecule has 2 fully saturated rings. The third-order valence-electron chi connectivity index (χ3n) is 3.97. The van der Waals surface area contributed by atoms with E-state index in [9.17, 15) is 0 Å². The lowest BCUT2D eigenvalue weighted by Crippen LogP contribution is -2.44. The number of hydrogen-bond acceptors (Lipinski definition) is 5. The van der Waals surface area contributed by atoms with Gasteiger partial charge in [0.25, 0.3) is 5.89 Å². The average molecular weight is 237 g/mol. The monoisotopic (exact) mass is 237 g/mol. The number of aromatic nitrogens is 2. The van der Waals surface area contributed by atoms with Crippen LogP contribution in [-0.4, -0.2) is 16.2 Å². The topological polar surface area (TPSA) is 74.2 Å². The summed E-state index contributed by atoms with van der Waals surface area (Å²) in [5.41, 5.74) is 5.82. The summed E-state index contributed by atoms with van der Waals surface area (Å²) in [4.78, 5) is 4.43. The molecule has 0 amide bonds. The fourth-order valence-electron chi connectivity index (χ4n) is 2.54. The third-order valence-corrected chi connectivity index (χ3v) is 3.97. The van der Waals surface area contributed by atoms with Crippen LogP contribution in [0.2, 0.25) is 0 Å². The molecule has 94 valence electrons. The van der Waals surface area contributed by atoms with E-state index in [1.54, 1.807) is 0 Å². The highest BCUT2D eigenvalue weighted by molar-refractivity contribution is 5.09. The Morgan fingerprint density at radius 2 is 2.24 bits per heavy atom. The van der Waals surface area contributed by atoms with Gasteiger partial charge in [-0.15, -0.1) is 0 Å². The molecule has 2 atom stereocenters. The zero-order chi connectivity index (χ0) is 11.9. The second-order valence-corrected chi connectivity index (χ2v) is 5.20. The van der Waals surface area contributed by atoms with Gasteiger partial charge in [-0.2, -0.15) is 4.98 Å². The fraction of sp³-hybridized carbons (Fsp3) is 0.833. The van der Waals surface area contributed by atoms with E-state index < -0.39 is 0 Å². The van der Waals surface area contributed by atoms with Crippen LogP contribution in [0.5, 0.6) is 0 Å². The van der Waals surface area contributed by atoms with Crippen molar-refractivity contribution in [2.24, 2.45) is 5.73 Å². The average Bonchev–Trinajstić information content (AvgIpc) is 2.94. The second-order valence-electron chi connectivity index (χ2n) is 5.20. The van der Waals surface area contributed by atoms with Crippen LogP contribution in [-0.2, 0) is 10.3 Å². The minimum Gasteiger partial charge on any atom is -0.365 e. The van der Waals surface area contributed by atoms with E-state index in [0.717, 1.165) is 38.5 Å². The third kappa shape index (κ3) is 1.87. The Kier molecular flexibility index (Phi) is 2.67. The summed E-state index contributed by atoms with van der Waals surface area (Å²) < 4.78 is 11.1. The highest BCUT2D eigenvalue weighted by Crippen LogP contribution is 2.39. The maximum atomic E-state index is 6.16. The molecule has 1 aliphatic heterocycles.